The number of hydrogen-bond acceptors (Lipinski definition) is 5. The third kappa shape index (κ3) is 2.59. The van der Waals surface area contributed by atoms with Crippen LogP contribution < -0.4 is 16.8 Å². The fraction of sp³-hybridized carbons (Fsp3) is 0.471. The molecule has 2 aromatic rings. The summed E-state index contributed by atoms with van der Waals surface area (Å²) in [5.41, 5.74) is 13.4. The van der Waals surface area contributed by atoms with Gasteiger partial charge in [-0.3, -0.25) is 9.89 Å². The van der Waals surface area contributed by atoms with Crippen LogP contribution in [0.5, 0.6) is 0 Å². The average molecular weight is 326 g/mol. The van der Waals surface area contributed by atoms with Gasteiger partial charge in [-0.25, -0.2) is 4.98 Å². The van der Waals surface area contributed by atoms with Gasteiger partial charge in [0.15, 0.2) is 5.82 Å². The molecule has 1 aromatic carbocycles. The number of carbonyl (C=O) groups is 1. The standard InChI is InChI=1S/C17H22N6O/c18-8-13-21-16(23-22-13)9-3-5-12(6-4-9)20-17(24)14-10-1-2-11(7-10)15(14)19/h3-6,10-11,14-15H,1-2,7-8,18-19H2,(H,20,24)(H,21,22,23). The number of H-pyrrole nitrogens is 1. The molecule has 6 N–H and O–H groups in total. The first kappa shape index (κ1) is 15.3. The van der Waals surface area contributed by atoms with Gasteiger partial charge in [0.25, 0.3) is 0 Å². The van der Waals surface area contributed by atoms with Gasteiger partial charge in [-0.15, -0.1) is 0 Å². The van der Waals surface area contributed by atoms with Crippen molar-refractivity contribution in [3.05, 3.63) is 30.1 Å². The van der Waals surface area contributed by atoms with Crippen molar-refractivity contribution < 1.29 is 4.79 Å². The second kappa shape index (κ2) is 5.99. The molecule has 0 radical (unpaired) electrons. The normalized spacial score (nSPS) is 28.2. The van der Waals surface area contributed by atoms with E-state index in [9.17, 15) is 4.79 Å². The molecule has 4 atom stereocenters. The molecule has 4 unspecified atom stereocenters. The molecular weight excluding hydrogens is 304 g/mol. The Morgan fingerprint density at radius 1 is 1.25 bits per heavy atom. The van der Waals surface area contributed by atoms with Gasteiger partial charge in [0.1, 0.15) is 5.82 Å². The number of benzene rings is 1. The lowest BCUT2D eigenvalue weighted by Crippen LogP contribution is -2.42. The summed E-state index contributed by atoms with van der Waals surface area (Å²) >= 11 is 0. The van der Waals surface area contributed by atoms with Gasteiger partial charge >= 0.3 is 0 Å². The Kier molecular flexibility index (Phi) is 3.82. The van der Waals surface area contributed by atoms with Crippen molar-refractivity contribution in [2.45, 2.75) is 31.8 Å². The summed E-state index contributed by atoms with van der Waals surface area (Å²) in [5, 5.41) is 9.92. The van der Waals surface area contributed by atoms with Crippen molar-refractivity contribution in [3.63, 3.8) is 0 Å². The summed E-state index contributed by atoms with van der Waals surface area (Å²) in [4.78, 5) is 16.9. The maximum absolute atomic E-state index is 12.6. The van der Waals surface area contributed by atoms with E-state index in [1.807, 2.05) is 24.3 Å². The van der Waals surface area contributed by atoms with Crippen molar-refractivity contribution >= 4 is 11.6 Å². The summed E-state index contributed by atoms with van der Waals surface area (Å²) in [6.07, 6.45) is 3.40. The van der Waals surface area contributed by atoms with Crippen LogP contribution in [0.2, 0.25) is 0 Å². The third-order valence-electron chi connectivity index (χ3n) is 5.42. The van der Waals surface area contributed by atoms with Gasteiger partial charge in [-0.05, 0) is 55.4 Å². The van der Waals surface area contributed by atoms with Crippen LogP contribution in [0.4, 0.5) is 5.69 Å². The molecule has 2 aliphatic carbocycles. The zero-order valence-corrected chi connectivity index (χ0v) is 13.4. The van der Waals surface area contributed by atoms with Gasteiger partial charge in [0.2, 0.25) is 5.91 Å². The minimum Gasteiger partial charge on any atom is -0.327 e. The maximum Gasteiger partial charge on any atom is 0.229 e. The van der Waals surface area contributed by atoms with E-state index in [1.54, 1.807) is 0 Å². The van der Waals surface area contributed by atoms with Crippen LogP contribution in [0.25, 0.3) is 11.4 Å². The van der Waals surface area contributed by atoms with Crippen LogP contribution >= 0.6 is 0 Å². The van der Waals surface area contributed by atoms with E-state index >= 15 is 0 Å². The van der Waals surface area contributed by atoms with E-state index in [0.29, 0.717) is 30.0 Å². The predicted molar refractivity (Wildman–Crippen MR) is 90.6 cm³/mol. The van der Waals surface area contributed by atoms with E-state index in [2.05, 4.69) is 20.5 Å². The molecule has 0 spiro atoms. The van der Waals surface area contributed by atoms with Gasteiger partial charge in [0.05, 0.1) is 12.5 Å². The molecular formula is C17H22N6O. The van der Waals surface area contributed by atoms with Crippen LogP contribution in [0, 0.1) is 17.8 Å². The van der Waals surface area contributed by atoms with Gasteiger partial charge < -0.3 is 16.8 Å². The fourth-order valence-corrected chi connectivity index (χ4v) is 4.17. The average Bonchev–Trinajstić information content (AvgIpc) is 3.31. The van der Waals surface area contributed by atoms with Crippen LogP contribution in [0.1, 0.15) is 25.1 Å². The maximum atomic E-state index is 12.6. The Bertz CT molecular complexity index is 738. The Hall–Kier alpha value is -2.25. The summed E-state index contributed by atoms with van der Waals surface area (Å²) < 4.78 is 0. The molecule has 7 heteroatoms. The highest BCUT2D eigenvalue weighted by Crippen LogP contribution is 2.47. The monoisotopic (exact) mass is 326 g/mol. The molecule has 126 valence electrons. The molecule has 2 bridgehead atoms. The number of nitrogens with zero attached hydrogens (tertiary/aromatic N) is 2. The zero-order chi connectivity index (χ0) is 16.7. The van der Waals surface area contributed by atoms with Crippen molar-refractivity contribution in [1.82, 2.24) is 15.2 Å². The van der Waals surface area contributed by atoms with Crippen molar-refractivity contribution in [3.8, 4) is 11.4 Å². The highest BCUT2D eigenvalue weighted by atomic mass is 16.2. The first-order valence-electron chi connectivity index (χ1n) is 8.44. The summed E-state index contributed by atoms with van der Waals surface area (Å²) in [7, 11) is 0. The van der Waals surface area contributed by atoms with Crippen molar-refractivity contribution in [1.29, 1.82) is 0 Å². The van der Waals surface area contributed by atoms with E-state index < -0.39 is 0 Å². The Morgan fingerprint density at radius 3 is 2.62 bits per heavy atom. The molecule has 0 aliphatic heterocycles. The number of anilines is 1. The molecule has 2 aliphatic rings. The minimum atomic E-state index is -0.0523. The Morgan fingerprint density at radius 2 is 2.00 bits per heavy atom. The number of fused-ring (bicyclic) bond motifs is 2. The lowest BCUT2D eigenvalue weighted by Gasteiger charge is -2.27. The number of amides is 1. The molecule has 2 saturated carbocycles. The predicted octanol–water partition coefficient (Wildman–Crippen LogP) is 1.24. The highest BCUT2D eigenvalue weighted by Gasteiger charge is 2.49. The van der Waals surface area contributed by atoms with E-state index in [4.69, 9.17) is 11.5 Å². The van der Waals surface area contributed by atoms with E-state index in [1.165, 1.54) is 6.42 Å². The summed E-state index contributed by atoms with van der Waals surface area (Å²) in [6.45, 7) is 0.324. The number of aromatic amines is 1. The molecule has 24 heavy (non-hydrogen) atoms. The van der Waals surface area contributed by atoms with Crippen molar-refractivity contribution in [2.24, 2.45) is 29.2 Å². The number of rotatable bonds is 4. The molecule has 1 aromatic heterocycles. The van der Waals surface area contributed by atoms with Gasteiger partial charge in [-0.1, -0.05) is 0 Å². The first-order valence-corrected chi connectivity index (χ1v) is 8.44. The molecule has 4 rings (SSSR count). The largest absolute Gasteiger partial charge is 0.327 e. The number of nitrogens with two attached hydrogens (primary N) is 2. The van der Waals surface area contributed by atoms with Crippen LogP contribution in [0.3, 0.4) is 0 Å². The minimum absolute atomic E-state index is 0.00552. The molecule has 2 fully saturated rings. The number of hydrogen-bond donors (Lipinski definition) is 4. The lowest BCUT2D eigenvalue weighted by molar-refractivity contribution is -0.121. The van der Waals surface area contributed by atoms with Gasteiger partial charge in [0, 0.05) is 17.3 Å². The summed E-state index contributed by atoms with van der Waals surface area (Å²) in [6, 6.07) is 7.51. The smallest absolute Gasteiger partial charge is 0.229 e. The molecule has 0 saturated heterocycles. The first-order chi connectivity index (χ1) is 11.7. The molecule has 1 heterocycles. The van der Waals surface area contributed by atoms with Gasteiger partial charge in [-0.2, -0.15) is 5.10 Å². The second-order valence-corrected chi connectivity index (χ2v) is 6.81. The Labute approximate surface area is 140 Å². The lowest BCUT2D eigenvalue weighted by atomic mass is 9.84. The van der Waals surface area contributed by atoms with E-state index in [-0.39, 0.29) is 17.9 Å². The van der Waals surface area contributed by atoms with E-state index in [0.717, 1.165) is 24.1 Å². The number of carbonyl (C=O) groups excluding carboxylic acids is 1. The van der Waals surface area contributed by atoms with Crippen LogP contribution in [-0.4, -0.2) is 27.1 Å². The van der Waals surface area contributed by atoms with Crippen molar-refractivity contribution in [2.75, 3.05) is 5.32 Å². The molecule has 1 amide bonds. The summed E-state index contributed by atoms with van der Waals surface area (Å²) in [5.74, 6) is 2.22. The van der Waals surface area contributed by atoms with Crippen LogP contribution in [-0.2, 0) is 11.3 Å². The highest BCUT2D eigenvalue weighted by molar-refractivity contribution is 5.93. The fourth-order valence-electron chi connectivity index (χ4n) is 4.17. The topological polar surface area (TPSA) is 123 Å². The Balaban J connectivity index is 1.44. The van der Waals surface area contributed by atoms with Crippen LogP contribution in [0.15, 0.2) is 24.3 Å². The third-order valence-corrected chi connectivity index (χ3v) is 5.42. The molecule has 7 nitrogen and oxygen atoms in total. The SMILES string of the molecule is NCc1nc(-c2ccc(NC(=O)C3C4CCC(C4)C3N)cc2)n[nH]1. The quantitative estimate of drug-likeness (QED) is 0.673. The number of nitrogens with one attached hydrogen (secondary N) is 2. The number of aromatic nitrogens is 3. The zero-order valence-electron chi connectivity index (χ0n) is 13.4. The second-order valence-electron chi connectivity index (χ2n) is 6.81.